The Morgan fingerprint density at radius 1 is 1.05 bits per heavy atom. The van der Waals surface area contributed by atoms with Crippen molar-refractivity contribution in [3.05, 3.63) is 48.2 Å². The minimum atomic E-state index is -0.115. The lowest BCUT2D eigenvalue weighted by Gasteiger charge is -2.21. The number of carbonyl (C=O) groups excluding carboxylic acids is 2. The molecule has 0 bridgehead atoms. The number of amides is 2. The molecule has 0 radical (unpaired) electrons. The second-order valence-electron chi connectivity index (χ2n) is 5.01. The molecule has 1 aliphatic rings. The summed E-state index contributed by atoms with van der Waals surface area (Å²) in [6.45, 7) is 2.36. The molecule has 21 heavy (non-hydrogen) atoms. The Labute approximate surface area is 122 Å². The predicted octanol–water partition coefficient (Wildman–Crippen LogP) is 1.60. The molecule has 1 fully saturated rings. The zero-order valence-corrected chi connectivity index (χ0v) is 11.6. The molecule has 1 aliphatic heterocycles. The fourth-order valence-corrected chi connectivity index (χ4v) is 2.52. The van der Waals surface area contributed by atoms with Crippen molar-refractivity contribution < 1.29 is 14.0 Å². The fourth-order valence-electron chi connectivity index (χ4n) is 2.52. The molecule has 0 spiro atoms. The minimum Gasteiger partial charge on any atom is -0.459 e. The molecule has 0 unspecified atom stereocenters. The molecule has 0 aliphatic carbocycles. The number of aromatic amines is 1. The number of hydrogen-bond acceptors (Lipinski definition) is 3. The van der Waals surface area contributed by atoms with Gasteiger partial charge in [-0.15, -0.1) is 0 Å². The van der Waals surface area contributed by atoms with Crippen LogP contribution < -0.4 is 0 Å². The summed E-state index contributed by atoms with van der Waals surface area (Å²) in [5, 5.41) is 0. The van der Waals surface area contributed by atoms with Crippen LogP contribution in [0.15, 0.2) is 41.3 Å². The van der Waals surface area contributed by atoms with Crippen LogP contribution in [0.25, 0.3) is 0 Å². The quantitative estimate of drug-likeness (QED) is 0.912. The van der Waals surface area contributed by atoms with E-state index in [4.69, 9.17) is 4.42 Å². The average molecular weight is 287 g/mol. The smallest absolute Gasteiger partial charge is 0.289 e. The molecule has 110 valence electrons. The Hall–Kier alpha value is -2.50. The van der Waals surface area contributed by atoms with E-state index in [-0.39, 0.29) is 11.8 Å². The molecule has 1 N–H and O–H groups in total. The first kappa shape index (κ1) is 13.5. The molecular weight excluding hydrogens is 270 g/mol. The van der Waals surface area contributed by atoms with Crippen molar-refractivity contribution in [3.63, 3.8) is 0 Å². The van der Waals surface area contributed by atoms with Crippen LogP contribution in [0.3, 0.4) is 0 Å². The van der Waals surface area contributed by atoms with Gasteiger partial charge in [-0.25, -0.2) is 0 Å². The van der Waals surface area contributed by atoms with Gasteiger partial charge >= 0.3 is 0 Å². The fraction of sp³-hybridized carbons (Fsp3) is 0.333. The Morgan fingerprint density at radius 3 is 2.43 bits per heavy atom. The van der Waals surface area contributed by atoms with Gasteiger partial charge in [0.05, 0.1) is 11.8 Å². The highest BCUT2D eigenvalue weighted by Crippen LogP contribution is 2.12. The summed E-state index contributed by atoms with van der Waals surface area (Å²) in [5.74, 6) is 0.236. The van der Waals surface area contributed by atoms with Crippen molar-refractivity contribution in [3.8, 4) is 0 Å². The van der Waals surface area contributed by atoms with Gasteiger partial charge in [0.25, 0.3) is 11.8 Å². The third-order valence-corrected chi connectivity index (χ3v) is 3.65. The van der Waals surface area contributed by atoms with E-state index < -0.39 is 0 Å². The lowest BCUT2D eigenvalue weighted by atomic mass is 10.3. The van der Waals surface area contributed by atoms with E-state index in [1.807, 2.05) is 0 Å². The molecular formula is C15H17N3O3. The number of hydrogen-bond donors (Lipinski definition) is 1. The van der Waals surface area contributed by atoms with Gasteiger partial charge in [0.2, 0.25) is 0 Å². The standard InChI is InChI=1S/C15H17N3O3/c19-14(12-4-5-16-11-12)17-6-2-7-18(9-8-17)15(20)13-3-1-10-21-13/h1,3-5,10-11,16H,2,6-9H2. The van der Waals surface area contributed by atoms with E-state index >= 15 is 0 Å². The highest BCUT2D eigenvalue weighted by molar-refractivity contribution is 5.94. The monoisotopic (exact) mass is 287 g/mol. The molecule has 1 saturated heterocycles. The molecule has 0 aromatic carbocycles. The number of rotatable bonds is 2. The zero-order valence-electron chi connectivity index (χ0n) is 11.6. The maximum absolute atomic E-state index is 12.3. The van der Waals surface area contributed by atoms with Crippen molar-refractivity contribution in [2.75, 3.05) is 26.2 Å². The first-order chi connectivity index (χ1) is 10.3. The van der Waals surface area contributed by atoms with Crippen LogP contribution in [0.5, 0.6) is 0 Å². The lowest BCUT2D eigenvalue weighted by Crippen LogP contribution is -2.37. The van der Waals surface area contributed by atoms with Crippen LogP contribution in [0.2, 0.25) is 0 Å². The van der Waals surface area contributed by atoms with E-state index in [9.17, 15) is 9.59 Å². The highest BCUT2D eigenvalue weighted by Gasteiger charge is 2.24. The van der Waals surface area contributed by atoms with Crippen molar-refractivity contribution >= 4 is 11.8 Å². The number of nitrogens with zero attached hydrogens (tertiary/aromatic N) is 2. The molecule has 3 rings (SSSR count). The second-order valence-corrected chi connectivity index (χ2v) is 5.01. The van der Waals surface area contributed by atoms with E-state index in [0.29, 0.717) is 37.5 Å². The Morgan fingerprint density at radius 2 is 1.81 bits per heavy atom. The number of aromatic nitrogens is 1. The topological polar surface area (TPSA) is 69.6 Å². The van der Waals surface area contributed by atoms with Crippen LogP contribution in [0, 0.1) is 0 Å². The van der Waals surface area contributed by atoms with Crippen LogP contribution in [-0.2, 0) is 0 Å². The van der Waals surface area contributed by atoms with E-state index in [0.717, 1.165) is 6.42 Å². The van der Waals surface area contributed by atoms with Gasteiger partial charge in [-0.2, -0.15) is 0 Å². The Balaban J connectivity index is 1.64. The van der Waals surface area contributed by atoms with Gasteiger partial charge in [0.1, 0.15) is 0 Å². The SMILES string of the molecule is O=C(c1cc[nH]c1)N1CCCN(C(=O)c2ccco2)CC1. The summed E-state index contributed by atoms with van der Waals surface area (Å²) >= 11 is 0. The van der Waals surface area contributed by atoms with Gasteiger partial charge in [0.15, 0.2) is 5.76 Å². The summed E-state index contributed by atoms with van der Waals surface area (Å²) in [6, 6.07) is 5.13. The molecule has 0 saturated carbocycles. The highest BCUT2D eigenvalue weighted by atomic mass is 16.3. The van der Waals surface area contributed by atoms with Crippen molar-refractivity contribution in [2.24, 2.45) is 0 Å². The van der Waals surface area contributed by atoms with Gasteiger partial charge < -0.3 is 19.2 Å². The molecule has 6 heteroatoms. The summed E-state index contributed by atoms with van der Waals surface area (Å²) in [5.41, 5.74) is 0.654. The van der Waals surface area contributed by atoms with Gasteiger partial charge in [-0.1, -0.05) is 0 Å². The first-order valence-corrected chi connectivity index (χ1v) is 7.00. The van der Waals surface area contributed by atoms with Crippen molar-refractivity contribution in [1.82, 2.24) is 14.8 Å². The van der Waals surface area contributed by atoms with Crippen LogP contribution in [0.1, 0.15) is 27.3 Å². The molecule has 0 atom stereocenters. The van der Waals surface area contributed by atoms with Crippen molar-refractivity contribution in [2.45, 2.75) is 6.42 Å². The van der Waals surface area contributed by atoms with E-state index in [2.05, 4.69) is 4.98 Å². The minimum absolute atomic E-state index is 0.00328. The number of nitrogens with one attached hydrogen (secondary N) is 1. The van der Waals surface area contributed by atoms with Crippen LogP contribution >= 0.6 is 0 Å². The Kier molecular flexibility index (Phi) is 3.77. The predicted molar refractivity (Wildman–Crippen MR) is 75.9 cm³/mol. The molecule has 2 aromatic heterocycles. The average Bonchev–Trinajstić information content (AvgIpc) is 3.15. The van der Waals surface area contributed by atoms with Crippen LogP contribution in [0.4, 0.5) is 0 Å². The number of carbonyl (C=O) groups is 2. The maximum Gasteiger partial charge on any atom is 0.289 e. The number of H-pyrrole nitrogens is 1. The van der Waals surface area contributed by atoms with E-state index in [1.165, 1.54) is 6.26 Å². The zero-order chi connectivity index (χ0) is 14.7. The Bertz CT molecular complexity index is 550. The molecule has 3 heterocycles. The van der Waals surface area contributed by atoms with Crippen LogP contribution in [-0.4, -0.2) is 52.8 Å². The van der Waals surface area contributed by atoms with Gasteiger partial charge in [-0.05, 0) is 24.6 Å². The summed E-state index contributed by atoms with van der Waals surface area (Å²) in [4.78, 5) is 31.0. The molecule has 2 amide bonds. The molecule has 6 nitrogen and oxygen atoms in total. The summed E-state index contributed by atoms with van der Waals surface area (Å²) in [6.07, 6.45) is 5.69. The normalized spacial score (nSPS) is 15.8. The van der Waals surface area contributed by atoms with Gasteiger partial charge in [0, 0.05) is 38.6 Å². The molecule has 2 aromatic rings. The van der Waals surface area contributed by atoms with Gasteiger partial charge in [-0.3, -0.25) is 9.59 Å². The van der Waals surface area contributed by atoms with Crippen molar-refractivity contribution in [1.29, 1.82) is 0 Å². The maximum atomic E-state index is 12.3. The summed E-state index contributed by atoms with van der Waals surface area (Å²) in [7, 11) is 0. The summed E-state index contributed by atoms with van der Waals surface area (Å²) < 4.78 is 5.15. The number of furan rings is 1. The third kappa shape index (κ3) is 2.84. The lowest BCUT2D eigenvalue weighted by molar-refractivity contribution is 0.0700. The third-order valence-electron chi connectivity index (χ3n) is 3.65. The largest absolute Gasteiger partial charge is 0.459 e. The first-order valence-electron chi connectivity index (χ1n) is 7.00. The van der Waals surface area contributed by atoms with E-state index in [1.54, 1.807) is 40.4 Å². The second kappa shape index (κ2) is 5.87.